The monoisotopic (exact) mass is 259 g/mol. The first kappa shape index (κ1) is 12.3. The smallest absolute Gasteiger partial charge is 0.159 e. The summed E-state index contributed by atoms with van der Waals surface area (Å²) in [6, 6.07) is 12.5. The third-order valence-electron chi connectivity index (χ3n) is 3.63. The maximum Gasteiger partial charge on any atom is 0.159 e. The lowest BCUT2D eigenvalue weighted by atomic mass is 10.00. The lowest BCUT2D eigenvalue weighted by Gasteiger charge is -2.11. The van der Waals surface area contributed by atoms with Crippen molar-refractivity contribution in [3.8, 4) is 11.1 Å². The molecule has 3 heteroatoms. The second-order valence-corrected chi connectivity index (χ2v) is 4.90. The van der Waals surface area contributed by atoms with Crippen molar-refractivity contribution in [3.05, 3.63) is 59.7 Å². The predicted molar refractivity (Wildman–Crippen MR) is 71.8 cm³/mol. The molecule has 0 bridgehead atoms. The van der Waals surface area contributed by atoms with Crippen LogP contribution in [0.25, 0.3) is 11.1 Å². The Morgan fingerprint density at radius 3 is 2.26 bits per heavy atom. The fourth-order valence-electron chi connectivity index (χ4n) is 2.55. The van der Waals surface area contributed by atoms with Crippen LogP contribution in [0.15, 0.2) is 42.5 Å². The van der Waals surface area contributed by atoms with Gasteiger partial charge >= 0.3 is 0 Å². The molecule has 3 rings (SSSR count). The molecule has 0 aromatic heterocycles. The van der Waals surface area contributed by atoms with Crippen LogP contribution in [0.3, 0.4) is 0 Å². The molecule has 1 atom stereocenters. The molecule has 0 amide bonds. The summed E-state index contributed by atoms with van der Waals surface area (Å²) in [7, 11) is 0. The van der Waals surface area contributed by atoms with E-state index >= 15 is 0 Å². The molecule has 19 heavy (non-hydrogen) atoms. The van der Waals surface area contributed by atoms with Crippen LogP contribution in [0.4, 0.5) is 8.78 Å². The van der Waals surface area contributed by atoms with Crippen molar-refractivity contribution in [1.82, 2.24) is 5.32 Å². The summed E-state index contributed by atoms with van der Waals surface area (Å²) in [4.78, 5) is 0. The Balaban J connectivity index is 1.87. The van der Waals surface area contributed by atoms with E-state index in [2.05, 4.69) is 17.4 Å². The van der Waals surface area contributed by atoms with Crippen LogP contribution in [-0.4, -0.2) is 6.54 Å². The molecular weight excluding hydrogens is 244 g/mol. The van der Waals surface area contributed by atoms with E-state index in [1.165, 1.54) is 18.1 Å². The SMILES string of the molecule is Fc1ccc(-c2ccc(C3CCCN3)cc2)cc1F. The lowest BCUT2D eigenvalue weighted by Crippen LogP contribution is -2.12. The first-order valence-electron chi connectivity index (χ1n) is 6.53. The first-order valence-corrected chi connectivity index (χ1v) is 6.53. The van der Waals surface area contributed by atoms with Crippen LogP contribution in [0.1, 0.15) is 24.4 Å². The minimum Gasteiger partial charge on any atom is -0.310 e. The van der Waals surface area contributed by atoms with Crippen molar-refractivity contribution in [3.63, 3.8) is 0 Å². The maximum absolute atomic E-state index is 13.2. The molecule has 0 saturated carbocycles. The zero-order chi connectivity index (χ0) is 13.2. The largest absolute Gasteiger partial charge is 0.310 e. The summed E-state index contributed by atoms with van der Waals surface area (Å²) < 4.78 is 26.1. The molecule has 1 unspecified atom stereocenters. The van der Waals surface area contributed by atoms with Gasteiger partial charge in [-0.3, -0.25) is 0 Å². The van der Waals surface area contributed by atoms with Crippen molar-refractivity contribution < 1.29 is 8.78 Å². The molecule has 1 heterocycles. The molecule has 1 aliphatic rings. The van der Waals surface area contributed by atoms with E-state index in [0.29, 0.717) is 11.6 Å². The molecular formula is C16H15F2N. The van der Waals surface area contributed by atoms with Gasteiger partial charge in [-0.25, -0.2) is 8.78 Å². The minimum absolute atomic E-state index is 0.430. The second-order valence-electron chi connectivity index (χ2n) is 4.90. The zero-order valence-corrected chi connectivity index (χ0v) is 10.5. The van der Waals surface area contributed by atoms with Crippen molar-refractivity contribution >= 4 is 0 Å². The fraction of sp³-hybridized carbons (Fsp3) is 0.250. The van der Waals surface area contributed by atoms with Gasteiger partial charge in [-0.15, -0.1) is 0 Å². The summed E-state index contributed by atoms with van der Waals surface area (Å²) in [5.41, 5.74) is 2.86. The van der Waals surface area contributed by atoms with E-state index in [1.807, 2.05) is 12.1 Å². The molecule has 98 valence electrons. The van der Waals surface area contributed by atoms with Crippen LogP contribution in [0.2, 0.25) is 0 Å². The molecule has 2 aromatic carbocycles. The number of benzene rings is 2. The van der Waals surface area contributed by atoms with Gasteiger partial charge in [0.1, 0.15) is 0 Å². The van der Waals surface area contributed by atoms with Crippen molar-refractivity contribution in [2.75, 3.05) is 6.54 Å². The van der Waals surface area contributed by atoms with Gasteiger partial charge in [0, 0.05) is 6.04 Å². The van der Waals surface area contributed by atoms with E-state index in [9.17, 15) is 8.78 Å². The Labute approximate surface area is 111 Å². The standard InChI is InChI=1S/C16H15F2N/c17-14-8-7-13(10-15(14)18)11-3-5-12(6-4-11)16-2-1-9-19-16/h3-8,10,16,19H,1-2,9H2. The molecule has 1 saturated heterocycles. The summed E-state index contributed by atoms with van der Waals surface area (Å²) >= 11 is 0. The summed E-state index contributed by atoms with van der Waals surface area (Å²) in [6.45, 7) is 1.07. The van der Waals surface area contributed by atoms with Gasteiger partial charge in [0.25, 0.3) is 0 Å². The molecule has 1 aliphatic heterocycles. The molecule has 1 fully saturated rings. The average molecular weight is 259 g/mol. The van der Waals surface area contributed by atoms with Gasteiger partial charge in [-0.1, -0.05) is 30.3 Å². The molecule has 2 aromatic rings. The topological polar surface area (TPSA) is 12.0 Å². The molecule has 0 aliphatic carbocycles. The van der Waals surface area contributed by atoms with E-state index in [4.69, 9.17) is 0 Å². The Morgan fingerprint density at radius 2 is 1.63 bits per heavy atom. The van der Waals surface area contributed by atoms with Gasteiger partial charge in [-0.05, 0) is 48.2 Å². The maximum atomic E-state index is 13.2. The number of nitrogens with one attached hydrogen (secondary N) is 1. The Kier molecular flexibility index (Phi) is 3.30. The summed E-state index contributed by atoms with van der Waals surface area (Å²) in [6.07, 6.45) is 2.36. The first-order chi connectivity index (χ1) is 9.24. The third-order valence-corrected chi connectivity index (χ3v) is 3.63. The molecule has 0 radical (unpaired) electrons. The highest BCUT2D eigenvalue weighted by molar-refractivity contribution is 5.63. The van der Waals surface area contributed by atoms with Crippen LogP contribution in [0.5, 0.6) is 0 Å². The second kappa shape index (κ2) is 5.10. The Morgan fingerprint density at radius 1 is 0.895 bits per heavy atom. The fourth-order valence-corrected chi connectivity index (χ4v) is 2.55. The van der Waals surface area contributed by atoms with Gasteiger partial charge in [0.15, 0.2) is 11.6 Å². The number of hydrogen-bond acceptors (Lipinski definition) is 1. The number of rotatable bonds is 2. The third kappa shape index (κ3) is 2.51. The van der Waals surface area contributed by atoms with Gasteiger partial charge in [0.2, 0.25) is 0 Å². The number of hydrogen-bond donors (Lipinski definition) is 1. The normalized spacial score (nSPS) is 18.7. The molecule has 1 nitrogen and oxygen atoms in total. The molecule has 0 spiro atoms. The molecule has 1 N–H and O–H groups in total. The van der Waals surface area contributed by atoms with Crippen LogP contribution < -0.4 is 5.32 Å². The average Bonchev–Trinajstić information content (AvgIpc) is 2.96. The highest BCUT2D eigenvalue weighted by Crippen LogP contribution is 2.27. The van der Waals surface area contributed by atoms with Gasteiger partial charge < -0.3 is 5.32 Å². The van der Waals surface area contributed by atoms with Gasteiger partial charge in [-0.2, -0.15) is 0 Å². The Bertz CT molecular complexity index is 572. The van der Waals surface area contributed by atoms with Crippen molar-refractivity contribution in [1.29, 1.82) is 0 Å². The Hall–Kier alpha value is -1.74. The summed E-state index contributed by atoms with van der Waals surface area (Å²) in [5, 5.41) is 3.44. The van der Waals surface area contributed by atoms with Crippen LogP contribution in [-0.2, 0) is 0 Å². The van der Waals surface area contributed by atoms with Crippen LogP contribution in [0, 0.1) is 11.6 Å². The van der Waals surface area contributed by atoms with Crippen molar-refractivity contribution in [2.45, 2.75) is 18.9 Å². The quantitative estimate of drug-likeness (QED) is 0.857. The summed E-state index contributed by atoms with van der Waals surface area (Å²) in [5.74, 6) is -1.62. The number of halogens is 2. The van der Waals surface area contributed by atoms with Crippen LogP contribution >= 0.6 is 0 Å². The minimum atomic E-state index is -0.810. The van der Waals surface area contributed by atoms with E-state index < -0.39 is 11.6 Å². The van der Waals surface area contributed by atoms with Crippen molar-refractivity contribution in [2.24, 2.45) is 0 Å². The van der Waals surface area contributed by atoms with E-state index in [1.54, 1.807) is 6.07 Å². The lowest BCUT2D eigenvalue weighted by molar-refractivity contribution is 0.509. The highest BCUT2D eigenvalue weighted by Gasteiger charge is 2.15. The zero-order valence-electron chi connectivity index (χ0n) is 10.5. The van der Waals surface area contributed by atoms with E-state index in [0.717, 1.165) is 24.6 Å². The highest BCUT2D eigenvalue weighted by atomic mass is 19.2. The predicted octanol–water partition coefficient (Wildman–Crippen LogP) is 4.06. The van der Waals surface area contributed by atoms with Gasteiger partial charge in [0.05, 0.1) is 0 Å². The van der Waals surface area contributed by atoms with E-state index in [-0.39, 0.29) is 0 Å².